The van der Waals surface area contributed by atoms with Crippen LogP contribution in [0.1, 0.15) is 13.8 Å². The molecule has 1 amide bonds. The van der Waals surface area contributed by atoms with Crippen molar-refractivity contribution in [1.82, 2.24) is 5.32 Å². The summed E-state index contributed by atoms with van der Waals surface area (Å²) in [5.74, 6) is -0.863. The van der Waals surface area contributed by atoms with E-state index >= 15 is 0 Å². The van der Waals surface area contributed by atoms with E-state index in [1.165, 1.54) is 13.8 Å². The Labute approximate surface area is 122 Å². The van der Waals surface area contributed by atoms with Crippen LogP contribution in [0.5, 0.6) is 0 Å². The third-order valence-corrected chi connectivity index (χ3v) is 3.21. The van der Waals surface area contributed by atoms with Gasteiger partial charge in [0.2, 0.25) is 5.91 Å². The van der Waals surface area contributed by atoms with Crippen LogP contribution >= 0.6 is 0 Å². The van der Waals surface area contributed by atoms with Crippen LogP contribution in [-0.4, -0.2) is 91.9 Å². The third kappa shape index (κ3) is 5.83. The van der Waals surface area contributed by atoms with Gasteiger partial charge < -0.3 is 41.1 Å². The summed E-state index contributed by atoms with van der Waals surface area (Å²) in [5.41, 5.74) is -1.08. The van der Waals surface area contributed by atoms with Gasteiger partial charge in [-0.1, -0.05) is 13.8 Å². The van der Waals surface area contributed by atoms with Gasteiger partial charge in [-0.2, -0.15) is 0 Å². The lowest BCUT2D eigenvalue weighted by molar-refractivity contribution is -0.139. The number of aliphatic hydroxyl groups is 7. The highest BCUT2D eigenvalue weighted by atomic mass is 16.4. The van der Waals surface area contributed by atoms with Crippen molar-refractivity contribution in [1.29, 1.82) is 0 Å². The van der Waals surface area contributed by atoms with Crippen LogP contribution in [0.15, 0.2) is 0 Å². The van der Waals surface area contributed by atoms with Crippen molar-refractivity contribution < 1.29 is 40.5 Å². The normalized spacial score (nSPS) is 19.5. The zero-order valence-corrected chi connectivity index (χ0v) is 12.0. The fraction of sp³-hybridized carbons (Fsp3) is 0.917. The van der Waals surface area contributed by atoms with E-state index in [1.807, 2.05) is 0 Å². The van der Waals surface area contributed by atoms with E-state index in [0.717, 1.165) is 0 Å². The van der Waals surface area contributed by atoms with Gasteiger partial charge in [0.15, 0.2) is 0 Å². The average molecular weight is 311 g/mol. The molecule has 0 aromatic carbocycles. The number of amides is 1. The second-order valence-corrected chi connectivity index (χ2v) is 5.59. The molecule has 0 bridgehead atoms. The van der Waals surface area contributed by atoms with Gasteiger partial charge in [0.05, 0.1) is 19.3 Å². The average Bonchev–Trinajstić information content (AvgIpc) is 2.48. The molecule has 0 saturated heterocycles. The summed E-state index contributed by atoms with van der Waals surface area (Å²) >= 11 is 0. The van der Waals surface area contributed by atoms with Crippen LogP contribution in [0.25, 0.3) is 0 Å². The lowest BCUT2D eigenvalue weighted by atomic mass is 9.87. The Hall–Kier alpha value is -0.810. The highest BCUT2D eigenvalue weighted by molar-refractivity contribution is 5.81. The summed E-state index contributed by atoms with van der Waals surface area (Å²) in [7, 11) is 0. The largest absolute Gasteiger partial charge is 0.396 e. The fourth-order valence-electron chi connectivity index (χ4n) is 1.43. The van der Waals surface area contributed by atoms with Gasteiger partial charge in [0, 0.05) is 12.0 Å². The predicted octanol–water partition coefficient (Wildman–Crippen LogP) is -4.08. The standard InChI is InChI=1S/C12H25NO8/c1-12(2,5-15)10(20)11(21)13-3-6(16)8(18)9(19)7(17)4-14/h6-10,14-20H,3-5H2,1-2H3,(H,13,21)/t6-,7+,8-,9+,10+/m0/s1. The summed E-state index contributed by atoms with van der Waals surface area (Å²) in [5, 5.41) is 67.1. The maximum Gasteiger partial charge on any atom is 0.249 e. The molecule has 0 saturated carbocycles. The van der Waals surface area contributed by atoms with Crippen molar-refractivity contribution >= 4 is 5.91 Å². The molecule has 21 heavy (non-hydrogen) atoms. The van der Waals surface area contributed by atoms with Gasteiger partial charge in [0.1, 0.15) is 24.4 Å². The Kier molecular flexibility index (Phi) is 8.26. The van der Waals surface area contributed by atoms with E-state index in [4.69, 9.17) is 15.3 Å². The zero-order valence-electron chi connectivity index (χ0n) is 12.0. The van der Waals surface area contributed by atoms with Crippen molar-refractivity contribution in [2.45, 2.75) is 44.4 Å². The molecule has 0 aliphatic heterocycles. The van der Waals surface area contributed by atoms with Crippen molar-refractivity contribution in [3.8, 4) is 0 Å². The maximum atomic E-state index is 11.6. The highest BCUT2D eigenvalue weighted by Gasteiger charge is 2.34. The molecule has 0 aromatic heterocycles. The third-order valence-electron chi connectivity index (χ3n) is 3.21. The molecule has 0 unspecified atom stereocenters. The number of rotatable bonds is 9. The Bertz CT molecular complexity index is 324. The van der Waals surface area contributed by atoms with Crippen molar-refractivity contribution in [3.05, 3.63) is 0 Å². The molecular weight excluding hydrogens is 286 g/mol. The molecule has 5 atom stereocenters. The van der Waals surface area contributed by atoms with Gasteiger partial charge in [-0.3, -0.25) is 4.79 Å². The number of hydrogen-bond acceptors (Lipinski definition) is 8. The summed E-state index contributed by atoms with van der Waals surface area (Å²) in [4.78, 5) is 11.6. The molecule has 0 heterocycles. The van der Waals surface area contributed by atoms with E-state index in [-0.39, 0.29) is 0 Å². The Morgan fingerprint density at radius 2 is 1.48 bits per heavy atom. The summed E-state index contributed by atoms with van der Waals surface area (Å²) in [6.07, 6.45) is -8.37. The van der Waals surface area contributed by atoms with Gasteiger partial charge in [-0.15, -0.1) is 0 Å². The first-order chi connectivity index (χ1) is 9.58. The first kappa shape index (κ1) is 20.2. The SMILES string of the molecule is CC(C)(CO)[C@H](O)C(=O)NC[C@H](O)[C@H](O)[C@H](O)[C@H](O)CO. The summed E-state index contributed by atoms with van der Waals surface area (Å²) in [6, 6.07) is 0. The fourth-order valence-corrected chi connectivity index (χ4v) is 1.43. The molecule has 0 rings (SSSR count). The van der Waals surface area contributed by atoms with Crippen molar-refractivity contribution in [2.75, 3.05) is 19.8 Å². The smallest absolute Gasteiger partial charge is 0.249 e. The number of aliphatic hydroxyl groups excluding tert-OH is 7. The molecule has 8 N–H and O–H groups in total. The molecule has 0 spiro atoms. The molecule has 9 heteroatoms. The number of nitrogens with one attached hydrogen (secondary N) is 1. The minimum absolute atomic E-state index is 0.436. The first-order valence-corrected chi connectivity index (χ1v) is 6.48. The molecule has 0 aromatic rings. The van der Waals surface area contributed by atoms with Crippen LogP contribution in [-0.2, 0) is 4.79 Å². The molecule has 0 radical (unpaired) electrons. The lowest BCUT2D eigenvalue weighted by Crippen LogP contribution is -2.52. The number of carbonyl (C=O) groups is 1. The topological polar surface area (TPSA) is 171 Å². The predicted molar refractivity (Wildman–Crippen MR) is 71.0 cm³/mol. The Morgan fingerprint density at radius 1 is 1.00 bits per heavy atom. The monoisotopic (exact) mass is 311 g/mol. The van der Waals surface area contributed by atoms with Crippen LogP contribution in [0, 0.1) is 5.41 Å². The highest BCUT2D eigenvalue weighted by Crippen LogP contribution is 2.19. The van der Waals surface area contributed by atoms with E-state index in [9.17, 15) is 25.2 Å². The van der Waals surface area contributed by atoms with E-state index in [2.05, 4.69) is 5.32 Å². The Balaban J connectivity index is 4.42. The summed E-state index contributed by atoms with van der Waals surface area (Å²) < 4.78 is 0. The molecule has 0 aliphatic rings. The molecule has 9 nitrogen and oxygen atoms in total. The van der Waals surface area contributed by atoms with Crippen LogP contribution in [0.2, 0.25) is 0 Å². The van der Waals surface area contributed by atoms with Crippen LogP contribution < -0.4 is 5.32 Å². The molecular formula is C12H25NO8. The van der Waals surface area contributed by atoms with Gasteiger partial charge in [-0.05, 0) is 0 Å². The minimum Gasteiger partial charge on any atom is -0.396 e. The second-order valence-electron chi connectivity index (χ2n) is 5.59. The quantitative estimate of drug-likeness (QED) is 0.212. The first-order valence-electron chi connectivity index (χ1n) is 6.48. The number of carbonyl (C=O) groups excluding carboxylic acids is 1. The van der Waals surface area contributed by atoms with Crippen LogP contribution in [0.4, 0.5) is 0 Å². The minimum atomic E-state index is -1.80. The zero-order chi connectivity index (χ0) is 16.8. The number of hydrogen-bond donors (Lipinski definition) is 8. The second kappa shape index (κ2) is 8.59. The van der Waals surface area contributed by atoms with Gasteiger partial charge in [0.25, 0.3) is 0 Å². The Morgan fingerprint density at radius 3 is 1.90 bits per heavy atom. The van der Waals surface area contributed by atoms with Crippen molar-refractivity contribution in [3.63, 3.8) is 0 Å². The maximum absolute atomic E-state index is 11.6. The van der Waals surface area contributed by atoms with Crippen LogP contribution in [0.3, 0.4) is 0 Å². The molecule has 126 valence electrons. The van der Waals surface area contributed by atoms with E-state index in [1.54, 1.807) is 0 Å². The van der Waals surface area contributed by atoms with Crippen molar-refractivity contribution in [2.24, 2.45) is 5.41 Å². The molecule has 0 aliphatic carbocycles. The lowest BCUT2D eigenvalue weighted by Gasteiger charge is -2.29. The summed E-state index contributed by atoms with van der Waals surface area (Å²) in [6.45, 7) is 1.19. The van der Waals surface area contributed by atoms with Gasteiger partial charge >= 0.3 is 0 Å². The van der Waals surface area contributed by atoms with E-state index < -0.39 is 61.6 Å². The van der Waals surface area contributed by atoms with Gasteiger partial charge in [-0.25, -0.2) is 0 Å². The molecule has 0 fully saturated rings. The van der Waals surface area contributed by atoms with E-state index in [0.29, 0.717) is 0 Å².